The Kier molecular flexibility index (Phi) is 50.0. The molecule has 0 aromatic heterocycles. The lowest BCUT2D eigenvalue weighted by Crippen LogP contribution is -2.46. The second-order valence-electron chi connectivity index (χ2n) is 19.1. The first-order chi connectivity index (χ1) is 31.5. The quantitative estimate of drug-likeness (QED) is 0.0321. The molecule has 0 radical (unpaired) electrons. The Morgan fingerprint density at radius 3 is 1.23 bits per heavy atom. The number of nitrogens with one attached hydrogen (secondary N) is 1. The van der Waals surface area contributed by atoms with Crippen LogP contribution >= 0.6 is 0 Å². The summed E-state index contributed by atoms with van der Waals surface area (Å²) >= 11 is 0. The summed E-state index contributed by atoms with van der Waals surface area (Å²) < 4.78 is 5.95. The smallest absolute Gasteiger partial charge is 0.306 e. The van der Waals surface area contributed by atoms with E-state index >= 15 is 0 Å². The van der Waals surface area contributed by atoms with Gasteiger partial charge in [-0.05, 0) is 51.4 Å². The molecular formula is C58H107NO5. The van der Waals surface area contributed by atoms with Crippen LogP contribution in [0.5, 0.6) is 0 Å². The molecule has 3 atom stereocenters. The van der Waals surface area contributed by atoms with Gasteiger partial charge in [0.2, 0.25) is 5.91 Å². The molecule has 0 aliphatic heterocycles. The average Bonchev–Trinajstić information content (AvgIpc) is 3.29. The van der Waals surface area contributed by atoms with Gasteiger partial charge in [0.1, 0.15) is 6.10 Å². The van der Waals surface area contributed by atoms with Crippen molar-refractivity contribution in [1.29, 1.82) is 0 Å². The molecule has 374 valence electrons. The summed E-state index contributed by atoms with van der Waals surface area (Å²) in [5.74, 6) is -0.488. The van der Waals surface area contributed by atoms with Crippen molar-refractivity contribution < 1.29 is 24.5 Å². The van der Waals surface area contributed by atoms with Crippen molar-refractivity contribution >= 4 is 11.9 Å². The fourth-order valence-corrected chi connectivity index (χ4v) is 8.50. The first kappa shape index (κ1) is 61.8. The first-order valence-electron chi connectivity index (χ1n) is 27.9. The van der Waals surface area contributed by atoms with Crippen LogP contribution in [0.2, 0.25) is 0 Å². The number of carbonyl (C=O) groups excluding carboxylic acids is 2. The monoisotopic (exact) mass is 898 g/mol. The minimum atomic E-state index is -0.791. The Morgan fingerprint density at radius 1 is 0.453 bits per heavy atom. The van der Waals surface area contributed by atoms with Gasteiger partial charge in [-0.3, -0.25) is 9.59 Å². The van der Waals surface area contributed by atoms with Crippen molar-refractivity contribution in [3.8, 4) is 0 Å². The van der Waals surface area contributed by atoms with Crippen molar-refractivity contribution in [2.45, 2.75) is 302 Å². The molecule has 3 unspecified atom stereocenters. The molecule has 0 aromatic rings. The number of allylic oxidation sites excluding steroid dienone is 8. The van der Waals surface area contributed by atoms with Gasteiger partial charge in [-0.25, -0.2) is 0 Å². The molecule has 0 bridgehead atoms. The number of ether oxygens (including phenoxy) is 1. The van der Waals surface area contributed by atoms with E-state index in [4.69, 9.17) is 4.74 Å². The van der Waals surface area contributed by atoms with E-state index in [1.807, 2.05) is 0 Å². The van der Waals surface area contributed by atoms with E-state index in [0.717, 1.165) is 77.0 Å². The summed E-state index contributed by atoms with van der Waals surface area (Å²) in [5.41, 5.74) is 0. The van der Waals surface area contributed by atoms with Crippen LogP contribution in [0.4, 0.5) is 0 Å². The van der Waals surface area contributed by atoms with Crippen LogP contribution in [-0.2, 0) is 14.3 Å². The van der Waals surface area contributed by atoms with Crippen LogP contribution in [0.25, 0.3) is 0 Å². The molecule has 0 aromatic carbocycles. The van der Waals surface area contributed by atoms with E-state index in [9.17, 15) is 19.8 Å². The molecular weight excluding hydrogens is 791 g/mol. The van der Waals surface area contributed by atoms with Gasteiger partial charge in [0.15, 0.2) is 0 Å². The zero-order valence-electron chi connectivity index (χ0n) is 42.7. The molecule has 6 heteroatoms. The number of esters is 1. The van der Waals surface area contributed by atoms with Crippen molar-refractivity contribution in [3.63, 3.8) is 0 Å². The Bertz CT molecular complexity index is 1100. The maximum absolute atomic E-state index is 13.2. The lowest BCUT2D eigenvalue weighted by atomic mass is 10.0. The topological polar surface area (TPSA) is 95.9 Å². The standard InChI is InChI=1S/C58H107NO5/c1-4-7-10-13-16-19-22-25-27-28-29-30-33-36-39-42-45-48-51-58(63)64-54(49-46-43-40-37-34-31-24-21-18-15-12-9-6-3)52-57(62)59-55(53-60)56(61)50-47-44-41-38-35-32-26-23-20-17-14-11-8-5-2/h16,19,22,25,27-30,54-56,60-61H,4-15,17-18,20-21,23-24,26,31-53H2,1-3H3,(H,59,62)/b19-16+,25-22+,28-27+,30-29+. The van der Waals surface area contributed by atoms with Crippen molar-refractivity contribution in [3.05, 3.63) is 48.6 Å². The van der Waals surface area contributed by atoms with Crippen LogP contribution in [0.15, 0.2) is 48.6 Å². The average molecular weight is 898 g/mol. The number of aliphatic hydroxyl groups excluding tert-OH is 2. The third-order valence-electron chi connectivity index (χ3n) is 12.8. The van der Waals surface area contributed by atoms with Crippen molar-refractivity contribution in [1.82, 2.24) is 5.32 Å². The maximum atomic E-state index is 13.2. The van der Waals surface area contributed by atoms with Gasteiger partial charge in [0.05, 0.1) is 25.2 Å². The second-order valence-corrected chi connectivity index (χ2v) is 19.1. The summed E-state index contributed by atoms with van der Waals surface area (Å²) in [6.07, 6.45) is 63.1. The normalized spacial score (nSPS) is 13.5. The summed E-state index contributed by atoms with van der Waals surface area (Å²) in [4.78, 5) is 26.2. The van der Waals surface area contributed by atoms with Crippen LogP contribution < -0.4 is 5.32 Å². The van der Waals surface area contributed by atoms with E-state index < -0.39 is 18.2 Å². The Hall–Kier alpha value is -2.18. The van der Waals surface area contributed by atoms with Gasteiger partial charge in [0.25, 0.3) is 0 Å². The van der Waals surface area contributed by atoms with Crippen LogP contribution in [0.3, 0.4) is 0 Å². The highest BCUT2D eigenvalue weighted by Gasteiger charge is 2.24. The van der Waals surface area contributed by atoms with Crippen LogP contribution in [0.1, 0.15) is 284 Å². The van der Waals surface area contributed by atoms with Gasteiger partial charge < -0.3 is 20.3 Å². The largest absolute Gasteiger partial charge is 0.462 e. The molecule has 0 saturated carbocycles. The third-order valence-corrected chi connectivity index (χ3v) is 12.8. The Labute approximate surface area is 397 Å². The van der Waals surface area contributed by atoms with E-state index in [-0.39, 0.29) is 24.9 Å². The zero-order valence-corrected chi connectivity index (χ0v) is 42.7. The molecule has 64 heavy (non-hydrogen) atoms. The predicted octanol–water partition coefficient (Wildman–Crippen LogP) is 17.0. The fourth-order valence-electron chi connectivity index (χ4n) is 8.50. The molecule has 0 spiro atoms. The number of aliphatic hydroxyl groups is 2. The number of unbranched alkanes of at least 4 members (excludes halogenated alkanes) is 33. The van der Waals surface area contributed by atoms with Gasteiger partial charge in [-0.15, -0.1) is 0 Å². The summed E-state index contributed by atoms with van der Waals surface area (Å²) in [6.45, 7) is 6.46. The summed E-state index contributed by atoms with van der Waals surface area (Å²) in [5, 5.41) is 23.8. The molecule has 0 aliphatic rings. The van der Waals surface area contributed by atoms with Crippen LogP contribution in [-0.4, -0.2) is 46.9 Å². The molecule has 3 N–H and O–H groups in total. The fraction of sp³-hybridized carbons (Fsp3) is 0.828. The van der Waals surface area contributed by atoms with Crippen molar-refractivity contribution in [2.24, 2.45) is 0 Å². The molecule has 6 nitrogen and oxygen atoms in total. The minimum absolute atomic E-state index is 0.0707. The molecule has 1 amide bonds. The van der Waals surface area contributed by atoms with Crippen LogP contribution in [0, 0.1) is 0 Å². The lowest BCUT2D eigenvalue weighted by Gasteiger charge is -2.24. The summed E-state index contributed by atoms with van der Waals surface area (Å²) in [6, 6.07) is -0.705. The molecule has 0 fully saturated rings. The zero-order chi connectivity index (χ0) is 46.7. The van der Waals surface area contributed by atoms with E-state index in [1.54, 1.807) is 0 Å². The second kappa shape index (κ2) is 51.8. The van der Waals surface area contributed by atoms with E-state index in [0.29, 0.717) is 19.3 Å². The van der Waals surface area contributed by atoms with E-state index in [2.05, 4.69) is 74.7 Å². The highest BCUT2D eigenvalue weighted by molar-refractivity contribution is 5.77. The highest BCUT2D eigenvalue weighted by atomic mass is 16.5. The Morgan fingerprint density at radius 2 is 0.797 bits per heavy atom. The summed E-state index contributed by atoms with van der Waals surface area (Å²) in [7, 11) is 0. The number of rotatable bonds is 50. The minimum Gasteiger partial charge on any atom is -0.462 e. The molecule has 0 rings (SSSR count). The number of hydrogen-bond acceptors (Lipinski definition) is 5. The van der Waals surface area contributed by atoms with Crippen molar-refractivity contribution in [2.75, 3.05) is 6.61 Å². The third kappa shape index (κ3) is 46.4. The highest BCUT2D eigenvalue weighted by Crippen LogP contribution is 2.18. The van der Waals surface area contributed by atoms with Gasteiger partial charge in [-0.1, -0.05) is 268 Å². The Balaban J connectivity index is 4.57. The molecule has 0 aliphatic carbocycles. The van der Waals surface area contributed by atoms with E-state index in [1.165, 1.54) is 161 Å². The number of carbonyl (C=O) groups is 2. The molecule has 0 saturated heterocycles. The number of amides is 1. The lowest BCUT2D eigenvalue weighted by molar-refractivity contribution is -0.151. The van der Waals surface area contributed by atoms with Gasteiger partial charge >= 0.3 is 5.97 Å². The SMILES string of the molecule is CCCCC/C=C/C=C/C=C/C=C/CCCCCCCC(=O)OC(CCCCCCCCCCCCCCC)CC(=O)NC(CO)C(O)CCCCCCCCCCCCCCCC. The maximum Gasteiger partial charge on any atom is 0.306 e. The van der Waals surface area contributed by atoms with Gasteiger partial charge in [-0.2, -0.15) is 0 Å². The number of hydrogen-bond donors (Lipinski definition) is 3. The predicted molar refractivity (Wildman–Crippen MR) is 278 cm³/mol. The van der Waals surface area contributed by atoms with Gasteiger partial charge in [0, 0.05) is 6.42 Å². The molecule has 0 heterocycles. The first-order valence-corrected chi connectivity index (χ1v) is 27.9.